The Morgan fingerprint density at radius 2 is 2.14 bits per heavy atom. The minimum atomic E-state index is 0.0566. The highest BCUT2D eigenvalue weighted by Gasteiger charge is 2.07. The van der Waals surface area contributed by atoms with Gasteiger partial charge in [0.15, 0.2) is 0 Å². The summed E-state index contributed by atoms with van der Waals surface area (Å²) in [6.07, 6.45) is 5.72. The first-order valence-corrected chi connectivity index (χ1v) is 4.70. The van der Waals surface area contributed by atoms with Gasteiger partial charge in [0.2, 0.25) is 5.91 Å². The molecule has 0 aliphatic rings. The minimum Gasteiger partial charge on any atom is -0.274 e. The van der Waals surface area contributed by atoms with Crippen molar-refractivity contribution in [3.8, 4) is 12.0 Å². The zero-order valence-electron chi connectivity index (χ0n) is 8.75. The number of hydrogen-bond acceptors (Lipinski definition) is 1. The topological polar surface area (TPSA) is 20.3 Å². The van der Waals surface area contributed by atoms with Crippen LogP contribution in [0.3, 0.4) is 0 Å². The van der Waals surface area contributed by atoms with Gasteiger partial charge in [-0.2, -0.15) is 0 Å². The molecule has 0 saturated heterocycles. The summed E-state index contributed by atoms with van der Waals surface area (Å²) in [4.78, 5) is 13.0. The maximum absolute atomic E-state index is 11.5. The van der Waals surface area contributed by atoms with Gasteiger partial charge in [-0.15, -0.1) is 13.2 Å². The fourth-order valence-electron chi connectivity index (χ4n) is 1.01. The Kier molecular flexibility index (Phi) is 7.26. The highest BCUT2D eigenvalue weighted by molar-refractivity contribution is 5.78. The molecule has 0 unspecified atom stereocenters. The number of amides is 1. The number of rotatable bonds is 6. The second-order valence-electron chi connectivity index (χ2n) is 2.84. The van der Waals surface area contributed by atoms with Crippen molar-refractivity contribution in [3.05, 3.63) is 25.3 Å². The van der Waals surface area contributed by atoms with Crippen LogP contribution in [0.4, 0.5) is 0 Å². The predicted molar refractivity (Wildman–Crippen MR) is 59.4 cm³/mol. The van der Waals surface area contributed by atoms with E-state index in [1.54, 1.807) is 13.0 Å². The van der Waals surface area contributed by atoms with Crippen LogP contribution < -0.4 is 0 Å². The molecule has 2 nitrogen and oxygen atoms in total. The molecule has 0 aliphatic heterocycles. The highest BCUT2D eigenvalue weighted by Crippen LogP contribution is 2.00. The Labute approximate surface area is 86.3 Å². The molecule has 0 bridgehead atoms. The Balaban J connectivity index is 4.05. The second-order valence-corrected chi connectivity index (χ2v) is 2.84. The number of unbranched alkanes of at least 4 members (excludes halogenated alkanes) is 1. The zero-order chi connectivity index (χ0) is 10.8. The Morgan fingerprint density at radius 1 is 1.43 bits per heavy atom. The van der Waals surface area contributed by atoms with Gasteiger partial charge in [-0.25, -0.2) is 0 Å². The first kappa shape index (κ1) is 12.5. The molecule has 1 amide bonds. The van der Waals surface area contributed by atoms with E-state index < -0.39 is 0 Å². The molecule has 0 aromatic heterocycles. The normalized spacial score (nSPS) is 8.36. The lowest BCUT2D eigenvalue weighted by atomic mass is 10.2. The number of hydrogen-bond donors (Lipinski definition) is 0. The zero-order valence-corrected chi connectivity index (χ0v) is 8.75. The lowest BCUT2D eigenvalue weighted by molar-refractivity contribution is -0.127. The number of carbonyl (C=O) groups excluding carboxylic acids is 1. The van der Waals surface area contributed by atoms with E-state index in [1.807, 2.05) is 6.08 Å². The summed E-state index contributed by atoms with van der Waals surface area (Å²) in [5.74, 6) is 2.77. The molecule has 0 aliphatic carbocycles. The van der Waals surface area contributed by atoms with Crippen LogP contribution in [-0.2, 0) is 4.79 Å². The summed E-state index contributed by atoms with van der Waals surface area (Å²) in [5, 5.41) is 0. The van der Waals surface area contributed by atoms with Crippen molar-refractivity contribution in [1.29, 1.82) is 0 Å². The van der Waals surface area contributed by atoms with Crippen LogP contribution in [-0.4, -0.2) is 17.4 Å². The first-order chi connectivity index (χ1) is 6.76. The van der Waals surface area contributed by atoms with E-state index in [1.165, 1.54) is 4.90 Å². The molecule has 76 valence electrons. The molecule has 0 spiro atoms. The van der Waals surface area contributed by atoms with Crippen LogP contribution in [0.15, 0.2) is 25.3 Å². The molecule has 0 radical (unpaired) electrons. The molecule has 0 aromatic carbocycles. The third-order valence-electron chi connectivity index (χ3n) is 1.66. The average molecular weight is 191 g/mol. The van der Waals surface area contributed by atoms with Gasteiger partial charge in [0.05, 0.1) is 6.54 Å². The number of allylic oxidation sites excluding steroid dienone is 1. The van der Waals surface area contributed by atoms with Gasteiger partial charge in [-0.3, -0.25) is 9.69 Å². The summed E-state index contributed by atoms with van der Waals surface area (Å²) < 4.78 is 0. The van der Waals surface area contributed by atoms with E-state index in [9.17, 15) is 4.79 Å². The molecule has 0 heterocycles. The van der Waals surface area contributed by atoms with Crippen LogP contribution in [0.5, 0.6) is 0 Å². The molecule has 0 N–H and O–H groups in total. The fourth-order valence-corrected chi connectivity index (χ4v) is 1.01. The SMILES string of the molecule is C=CCCCC(=O)N(C#CC)CC=C. The van der Waals surface area contributed by atoms with Gasteiger partial charge >= 0.3 is 0 Å². The highest BCUT2D eigenvalue weighted by atomic mass is 16.2. The molecular weight excluding hydrogens is 174 g/mol. The van der Waals surface area contributed by atoms with Gasteiger partial charge in [-0.1, -0.05) is 18.1 Å². The second kappa shape index (κ2) is 8.12. The first-order valence-electron chi connectivity index (χ1n) is 4.70. The lowest BCUT2D eigenvalue weighted by Gasteiger charge is -2.12. The molecule has 0 aromatic rings. The van der Waals surface area contributed by atoms with E-state index in [0.29, 0.717) is 13.0 Å². The quantitative estimate of drug-likeness (QED) is 0.273. The van der Waals surface area contributed by atoms with Crippen LogP contribution in [0.25, 0.3) is 0 Å². The van der Waals surface area contributed by atoms with Crippen molar-refractivity contribution in [1.82, 2.24) is 4.90 Å². The minimum absolute atomic E-state index is 0.0566. The molecule has 0 fully saturated rings. The average Bonchev–Trinajstić information content (AvgIpc) is 2.18. The van der Waals surface area contributed by atoms with E-state index >= 15 is 0 Å². The summed E-state index contributed by atoms with van der Waals surface area (Å²) in [5.41, 5.74) is 0. The molecule has 0 saturated carbocycles. The summed E-state index contributed by atoms with van der Waals surface area (Å²) >= 11 is 0. The lowest BCUT2D eigenvalue weighted by Crippen LogP contribution is -2.25. The summed E-state index contributed by atoms with van der Waals surface area (Å²) in [6, 6.07) is 2.75. The van der Waals surface area contributed by atoms with Crippen LogP contribution in [0, 0.1) is 12.0 Å². The van der Waals surface area contributed by atoms with Crippen LogP contribution in [0.1, 0.15) is 26.2 Å². The van der Waals surface area contributed by atoms with Crippen molar-refractivity contribution in [2.45, 2.75) is 26.2 Å². The van der Waals surface area contributed by atoms with E-state index in [-0.39, 0.29) is 5.91 Å². The van der Waals surface area contributed by atoms with Crippen LogP contribution in [0.2, 0.25) is 0 Å². The largest absolute Gasteiger partial charge is 0.274 e. The Hall–Kier alpha value is -1.49. The Bertz CT molecular complexity index is 257. The maximum atomic E-state index is 11.5. The summed E-state index contributed by atoms with van der Waals surface area (Å²) in [7, 11) is 0. The van der Waals surface area contributed by atoms with Gasteiger partial charge in [0.25, 0.3) is 0 Å². The van der Waals surface area contributed by atoms with Gasteiger partial charge in [0, 0.05) is 12.5 Å². The molecule has 2 heteroatoms. The number of carbonyl (C=O) groups is 1. The fraction of sp³-hybridized carbons (Fsp3) is 0.417. The standard InChI is InChI=1S/C12H17NO/c1-4-7-8-9-12(14)13(10-5-2)11-6-3/h4-5H,1-2,7-10H2,3H3. The van der Waals surface area contributed by atoms with Crippen molar-refractivity contribution in [3.63, 3.8) is 0 Å². The molecule has 0 rings (SSSR count). The van der Waals surface area contributed by atoms with Crippen LogP contribution >= 0.6 is 0 Å². The van der Waals surface area contributed by atoms with E-state index in [0.717, 1.165) is 12.8 Å². The third kappa shape index (κ3) is 5.21. The maximum Gasteiger partial charge on any atom is 0.234 e. The van der Waals surface area contributed by atoms with Gasteiger partial charge in [0.1, 0.15) is 0 Å². The van der Waals surface area contributed by atoms with Crippen molar-refractivity contribution < 1.29 is 4.79 Å². The third-order valence-corrected chi connectivity index (χ3v) is 1.66. The monoisotopic (exact) mass is 191 g/mol. The predicted octanol–water partition coefficient (Wildman–Crippen LogP) is 2.34. The molecule has 0 atom stereocenters. The van der Waals surface area contributed by atoms with E-state index in [4.69, 9.17) is 0 Å². The molecular formula is C12H17NO. The smallest absolute Gasteiger partial charge is 0.234 e. The van der Waals surface area contributed by atoms with E-state index in [2.05, 4.69) is 25.1 Å². The summed E-state index contributed by atoms with van der Waals surface area (Å²) in [6.45, 7) is 9.40. The van der Waals surface area contributed by atoms with Gasteiger partial charge in [-0.05, 0) is 19.8 Å². The number of nitrogens with zero attached hydrogens (tertiary/aromatic N) is 1. The van der Waals surface area contributed by atoms with Gasteiger partial charge < -0.3 is 0 Å². The van der Waals surface area contributed by atoms with Crippen molar-refractivity contribution in [2.75, 3.05) is 6.54 Å². The Morgan fingerprint density at radius 3 is 2.64 bits per heavy atom. The van der Waals surface area contributed by atoms with Crippen molar-refractivity contribution >= 4 is 5.91 Å². The molecule has 14 heavy (non-hydrogen) atoms. The van der Waals surface area contributed by atoms with Crippen molar-refractivity contribution in [2.24, 2.45) is 0 Å².